The Kier molecular flexibility index (Phi) is 8.41. The molecule has 0 unspecified atom stereocenters. The Labute approximate surface area is 192 Å². The predicted molar refractivity (Wildman–Crippen MR) is 124 cm³/mol. The molecule has 1 saturated carbocycles. The maximum atomic E-state index is 13.3. The third-order valence-corrected chi connectivity index (χ3v) is 8.56. The smallest absolute Gasteiger partial charge is 0.246 e. The van der Waals surface area contributed by atoms with Gasteiger partial charge in [0.1, 0.15) is 16.7 Å². The van der Waals surface area contributed by atoms with E-state index in [0.29, 0.717) is 56.2 Å². The van der Waals surface area contributed by atoms with Crippen molar-refractivity contribution in [2.24, 2.45) is 11.8 Å². The van der Waals surface area contributed by atoms with E-state index in [9.17, 15) is 13.2 Å². The largest absolute Gasteiger partial charge is 0.492 e. The fourth-order valence-corrected chi connectivity index (χ4v) is 5.97. The Balaban J connectivity index is 1.75. The Morgan fingerprint density at radius 3 is 2.66 bits per heavy atom. The molecule has 0 aromatic heterocycles. The SMILES string of the molecule is CCOc1ccc(N[C@H](C)C(=O)N[C@@H]2CCC[C@H](C)[C@@H]2C)cc1S(=O)(=O)N1CCOCC1. The van der Waals surface area contributed by atoms with E-state index in [4.69, 9.17) is 9.47 Å². The standard InChI is InChI=1S/C23H37N3O5S/c1-5-31-21-10-9-19(15-22(21)32(28,29)26-11-13-30-14-12-26)24-18(4)23(27)25-20-8-6-7-16(2)17(20)3/h9-10,15-18,20,24H,5-8,11-14H2,1-4H3,(H,25,27)/t16-,17-,18+,20+/m0/s1. The molecule has 3 rings (SSSR count). The number of benzene rings is 1. The molecule has 0 bridgehead atoms. The first-order chi connectivity index (χ1) is 15.2. The molecule has 2 aliphatic rings. The lowest BCUT2D eigenvalue weighted by Crippen LogP contribution is -2.48. The van der Waals surface area contributed by atoms with E-state index in [1.54, 1.807) is 25.1 Å². The third-order valence-electron chi connectivity index (χ3n) is 6.64. The highest BCUT2D eigenvalue weighted by molar-refractivity contribution is 7.89. The first-order valence-corrected chi connectivity index (χ1v) is 13.1. The van der Waals surface area contributed by atoms with Crippen LogP contribution < -0.4 is 15.4 Å². The second kappa shape index (κ2) is 10.9. The molecular weight excluding hydrogens is 430 g/mol. The summed E-state index contributed by atoms with van der Waals surface area (Å²) >= 11 is 0. The van der Waals surface area contributed by atoms with Crippen LogP contribution >= 0.6 is 0 Å². The van der Waals surface area contributed by atoms with E-state index >= 15 is 0 Å². The molecule has 1 aromatic rings. The first kappa shape index (κ1) is 24.8. The molecule has 0 radical (unpaired) electrons. The Bertz CT molecular complexity index is 886. The van der Waals surface area contributed by atoms with Crippen LogP contribution in [0.3, 0.4) is 0 Å². The van der Waals surface area contributed by atoms with Crippen LogP contribution in [-0.2, 0) is 19.6 Å². The van der Waals surface area contributed by atoms with Gasteiger partial charge in [0.05, 0.1) is 19.8 Å². The van der Waals surface area contributed by atoms with E-state index in [-0.39, 0.29) is 16.8 Å². The molecule has 1 heterocycles. The lowest BCUT2D eigenvalue weighted by molar-refractivity contribution is -0.123. The van der Waals surface area contributed by atoms with Gasteiger partial charge in [-0.1, -0.05) is 26.7 Å². The summed E-state index contributed by atoms with van der Waals surface area (Å²) in [5, 5.41) is 6.35. The zero-order valence-corrected chi connectivity index (χ0v) is 20.4. The van der Waals surface area contributed by atoms with Crippen molar-refractivity contribution < 1.29 is 22.7 Å². The molecule has 1 amide bonds. The molecule has 0 spiro atoms. The monoisotopic (exact) mass is 467 g/mol. The second-order valence-corrected chi connectivity index (χ2v) is 10.8. The number of ether oxygens (including phenoxy) is 2. The van der Waals surface area contributed by atoms with Gasteiger partial charge in [0.2, 0.25) is 15.9 Å². The van der Waals surface area contributed by atoms with Crippen LogP contribution in [0.4, 0.5) is 5.69 Å². The van der Waals surface area contributed by atoms with E-state index in [1.807, 2.05) is 6.92 Å². The normalized spacial score (nSPS) is 25.7. The lowest BCUT2D eigenvalue weighted by atomic mass is 9.78. The molecule has 1 aliphatic heterocycles. The molecule has 1 aliphatic carbocycles. The molecule has 32 heavy (non-hydrogen) atoms. The molecule has 1 aromatic carbocycles. The first-order valence-electron chi connectivity index (χ1n) is 11.7. The number of rotatable bonds is 8. The molecule has 1 saturated heterocycles. The number of carbonyl (C=O) groups excluding carboxylic acids is 1. The van der Waals surface area contributed by atoms with Gasteiger partial charge < -0.3 is 20.1 Å². The van der Waals surface area contributed by atoms with Gasteiger partial charge in [0, 0.05) is 24.8 Å². The summed E-state index contributed by atoms with van der Waals surface area (Å²) in [4.78, 5) is 12.9. The van der Waals surface area contributed by atoms with Gasteiger partial charge in [-0.3, -0.25) is 4.79 Å². The number of nitrogens with zero attached hydrogens (tertiary/aromatic N) is 1. The van der Waals surface area contributed by atoms with Crippen molar-refractivity contribution in [2.75, 3.05) is 38.2 Å². The predicted octanol–water partition coefficient (Wildman–Crippen LogP) is 2.85. The van der Waals surface area contributed by atoms with Crippen LogP contribution in [0, 0.1) is 11.8 Å². The van der Waals surface area contributed by atoms with Gasteiger partial charge in [-0.15, -0.1) is 0 Å². The van der Waals surface area contributed by atoms with Crippen molar-refractivity contribution in [1.82, 2.24) is 9.62 Å². The molecule has 8 nitrogen and oxygen atoms in total. The minimum absolute atomic E-state index is 0.0811. The van der Waals surface area contributed by atoms with Gasteiger partial charge in [-0.05, 0) is 50.3 Å². The van der Waals surface area contributed by atoms with Crippen LogP contribution in [0.2, 0.25) is 0 Å². The van der Waals surface area contributed by atoms with Crippen molar-refractivity contribution in [3.63, 3.8) is 0 Å². The van der Waals surface area contributed by atoms with Gasteiger partial charge in [-0.25, -0.2) is 8.42 Å². The van der Waals surface area contributed by atoms with Crippen molar-refractivity contribution in [1.29, 1.82) is 0 Å². The van der Waals surface area contributed by atoms with Crippen LogP contribution in [0.15, 0.2) is 23.1 Å². The van der Waals surface area contributed by atoms with E-state index in [1.165, 1.54) is 10.7 Å². The van der Waals surface area contributed by atoms with Crippen molar-refractivity contribution in [3.05, 3.63) is 18.2 Å². The highest BCUT2D eigenvalue weighted by Gasteiger charge is 2.31. The number of nitrogens with one attached hydrogen (secondary N) is 2. The minimum atomic E-state index is -3.74. The maximum Gasteiger partial charge on any atom is 0.246 e. The molecule has 4 atom stereocenters. The van der Waals surface area contributed by atoms with E-state index in [2.05, 4.69) is 24.5 Å². The fraction of sp³-hybridized carbons (Fsp3) is 0.696. The van der Waals surface area contributed by atoms with Crippen molar-refractivity contribution >= 4 is 21.6 Å². The second-order valence-electron chi connectivity index (χ2n) is 8.86. The zero-order valence-electron chi connectivity index (χ0n) is 19.6. The average Bonchev–Trinajstić information content (AvgIpc) is 2.78. The van der Waals surface area contributed by atoms with Crippen LogP contribution in [0.25, 0.3) is 0 Å². The molecular formula is C23H37N3O5S. The van der Waals surface area contributed by atoms with E-state index < -0.39 is 16.1 Å². The Morgan fingerprint density at radius 2 is 1.97 bits per heavy atom. The van der Waals surface area contributed by atoms with Crippen LogP contribution in [-0.4, -0.2) is 63.6 Å². The maximum absolute atomic E-state index is 13.3. The van der Waals surface area contributed by atoms with Crippen LogP contribution in [0.1, 0.15) is 47.0 Å². The summed E-state index contributed by atoms with van der Waals surface area (Å²) < 4.78 is 38.8. The number of anilines is 1. The molecule has 2 N–H and O–H groups in total. The topological polar surface area (TPSA) is 97.0 Å². The lowest BCUT2D eigenvalue weighted by Gasteiger charge is -2.35. The molecule has 180 valence electrons. The summed E-state index contributed by atoms with van der Waals surface area (Å²) in [7, 11) is -3.74. The number of sulfonamides is 1. The summed E-state index contributed by atoms with van der Waals surface area (Å²) in [6, 6.07) is 4.63. The number of hydrogen-bond acceptors (Lipinski definition) is 6. The molecule has 2 fully saturated rings. The van der Waals surface area contributed by atoms with Crippen molar-refractivity contribution in [2.45, 2.75) is 63.9 Å². The van der Waals surface area contributed by atoms with Gasteiger partial charge in [0.15, 0.2) is 0 Å². The van der Waals surface area contributed by atoms with E-state index in [0.717, 1.165) is 12.8 Å². The zero-order chi connectivity index (χ0) is 23.3. The van der Waals surface area contributed by atoms with Crippen LogP contribution in [0.5, 0.6) is 5.75 Å². The Hall–Kier alpha value is -1.84. The van der Waals surface area contributed by atoms with Crippen molar-refractivity contribution in [3.8, 4) is 5.75 Å². The highest BCUT2D eigenvalue weighted by Crippen LogP contribution is 2.31. The van der Waals surface area contributed by atoms with Gasteiger partial charge >= 0.3 is 0 Å². The molecule has 9 heteroatoms. The number of morpholine rings is 1. The summed E-state index contributed by atoms with van der Waals surface area (Å²) in [6.45, 7) is 9.76. The summed E-state index contributed by atoms with van der Waals surface area (Å²) in [6.07, 6.45) is 3.32. The highest BCUT2D eigenvalue weighted by atomic mass is 32.2. The summed E-state index contributed by atoms with van der Waals surface area (Å²) in [5.41, 5.74) is 0.563. The number of amides is 1. The minimum Gasteiger partial charge on any atom is -0.492 e. The number of hydrogen-bond donors (Lipinski definition) is 2. The fourth-order valence-electron chi connectivity index (χ4n) is 4.41. The van der Waals surface area contributed by atoms with Gasteiger partial charge in [0.25, 0.3) is 0 Å². The Morgan fingerprint density at radius 1 is 1.25 bits per heavy atom. The summed E-state index contributed by atoms with van der Waals surface area (Å²) in [5.74, 6) is 1.26. The number of carbonyl (C=O) groups is 1. The quantitative estimate of drug-likeness (QED) is 0.610. The average molecular weight is 468 g/mol. The van der Waals surface area contributed by atoms with Gasteiger partial charge in [-0.2, -0.15) is 4.31 Å². The third kappa shape index (κ3) is 5.74.